The highest BCUT2D eigenvalue weighted by atomic mass is 19.1. The third kappa shape index (κ3) is 1.82. The van der Waals surface area contributed by atoms with Crippen LogP contribution in [0.4, 0.5) is 4.39 Å². The molecule has 0 fully saturated rings. The minimum Gasteiger partial charge on any atom is -0.496 e. The molecule has 1 aromatic carbocycles. The molecule has 0 amide bonds. The van der Waals surface area contributed by atoms with Gasteiger partial charge in [-0.3, -0.25) is 4.79 Å². The highest BCUT2D eigenvalue weighted by Gasteiger charge is 2.22. The maximum Gasteiger partial charge on any atom is 0.325 e. The first kappa shape index (κ1) is 10.5. The molecular weight excluding hydrogens is 189 g/mol. The predicted octanol–water partition coefficient (Wildman–Crippen LogP) is 0.919. The summed E-state index contributed by atoms with van der Waals surface area (Å²) in [7, 11) is 1.33. The molecule has 0 aliphatic heterocycles. The van der Waals surface area contributed by atoms with Crippen LogP contribution in [-0.2, 0) is 4.79 Å². The number of hydrogen-bond acceptors (Lipinski definition) is 3. The molecule has 0 saturated heterocycles. The smallest absolute Gasteiger partial charge is 0.325 e. The lowest BCUT2D eigenvalue weighted by molar-refractivity contribution is -0.138. The molecule has 0 heterocycles. The van der Waals surface area contributed by atoms with Crippen LogP contribution in [0, 0.1) is 5.82 Å². The first-order chi connectivity index (χ1) is 6.57. The Morgan fingerprint density at radius 2 is 2.29 bits per heavy atom. The lowest BCUT2D eigenvalue weighted by atomic mass is 10.1. The normalized spacial score (nSPS) is 12.2. The Kier molecular flexibility index (Phi) is 3.03. The molecule has 14 heavy (non-hydrogen) atoms. The van der Waals surface area contributed by atoms with Crippen molar-refractivity contribution in [1.29, 1.82) is 0 Å². The van der Waals surface area contributed by atoms with Crippen LogP contribution in [0.15, 0.2) is 18.2 Å². The van der Waals surface area contributed by atoms with Crippen molar-refractivity contribution in [3.05, 3.63) is 29.6 Å². The largest absolute Gasteiger partial charge is 0.496 e. The maximum atomic E-state index is 13.2. The van der Waals surface area contributed by atoms with Gasteiger partial charge >= 0.3 is 5.97 Å². The average molecular weight is 199 g/mol. The Hall–Kier alpha value is -1.62. The van der Waals surface area contributed by atoms with Crippen LogP contribution in [0.5, 0.6) is 5.75 Å². The van der Waals surface area contributed by atoms with Gasteiger partial charge in [-0.2, -0.15) is 0 Å². The van der Waals surface area contributed by atoms with E-state index in [1.807, 2.05) is 0 Å². The summed E-state index contributed by atoms with van der Waals surface area (Å²) in [6, 6.07) is 2.61. The summed E-state index contributed by atoms with van der Waals surface area (Å²) in [5.74, 6) is -1.84. The molecular formula is C9H10FNO3. The van der Waals surface area contributed by atoms with Gasteiger partial charge in [-0.1, -0.05) is 6.07 Å². The second-order valence-electron chi connectivity index (χ2n) is 2.67. The van der Waals surface area contributed by atoms with Gasteiger partial charge in [0.1, 0.15) is 17.6 Å². The molecule has 1 aromatic rings. The number of carboxylic acids is 1. The molecule has 1 rings (SSSR count). The number of rotatable bonds is 3. The number of carboxylic acid groups (broad SMARTS) is 1. The maximum absolute atomic E-state index is 13.2. The zero-order valence-electron chi connectivity index (χ0n) is 7.53. The molecule has 0 aliphatic rings. The summed E-state index contributed by atoms with van der Waals surface area (Å²) >= 11 is 0. The van der Waals surface area contributed by atoms with Crippen LogP contribution in [0.3, 0.4) is 0 Å². The molecule has 0 saturated carbocycles. The van der Waals surface area contributed by atoms with Crippen molar-refractivity contribution in [3.8, 4) is 5.75 Å². The standard InChI is InChI=1S/C9H10FNO3/c1-14-6-4-2-3-5(10)7(6)8(11)9(12)13/h2-4,8H,11H2,1H3,(H,12,13)/t8-/m0/s1. The van der Waals surface area contributed by atoms with E-state index in [1.54, 1.807) is 0 Å². The molecule has 0 radical (unpaired) electrons. The van der Waals surface area contributed by atoms with Crippen molar-refractivity contribution in [2.24, 2.45) is 5.73 Å². The first-order valence-electron chi connectivity index (χ1n) is 3.88. The molecule has 4 nitrogen and oxygen atoms in total. The van der Waals surface area contributed by atoms with Crippen LogP contribution in [0.1, 0.15) is 11.6 Å². The second kappa shape index (κ2) is 4.06. The second-order valence-corrected chi connectivity index (χ2v) is 2.67. The van der Waals surface area contributed by atoms with E-state index in [0.717, 1.165) is 6.07 Å². The number of carbonyl (C=O) groups is 1. The quantitative estimate of drug-likeness (QED) is 0.759. The zero-order chi connectivity index (χ0) is 10.7. The summed E-state index contributed by atoms with van der Waals surface area (Å²) in [6.45, 7) is 0. The first-order valence-corrected chi connectivity index (χ1v) is 3.88. The van der Waals surface area contributed by atoms with Crippen molar-refractivity contribution in [3.63, 3.8) is 0 Å². The number of nitrogens with two attached hydrogens (primary N) is 1. The fourth-order valence-electron chi connectivity index (χ4n) is 1.12. The Bertz CT molecular complexity index is 354. The minimum absolute atomic E-state index is 0.137. The van der Waals surface area contributed by atoms with Crippen LogP contribution >= 0.6 is 0 Å². The number of halogens is 1. The van der Waals surface area contributed by atoms with Crippen LogP contribution in [-0.4, -0.2) is 18.2 Å². The molecule has 3 N–H and O–H groups in total. The highest BCUT2D eigenvalue weighted by molar-refractivity contribution is 5.76. The van der Waals surface area contributed by atoms with Crippen LogP contribution in [0.25, 0.3) is 0 Å². The molecule has 0 unspecified atom stereocenters. The van der Waals surface area contributed by atoms with Crippen molar-refractivity contribution in [1.82, 2.24) is 0 Å². The van der Waals surface area contributed by atoms with Gasteiger partial charge < -0.3 is 15.6 Å². The van der Waals surface area contributed by atoms with E-state index in [9.17, 15) is 9.18 Å². The summed E-state index contributed by atoms with van der Waals surface area (Å²) in [6.07, 6.45) is 0. The number of aliphatic carboxylic acids is 1. The summed E-state index contributed by atoms with van der Waals surface area (Å²) in [5, 5.41) is 8.63. The van der Waals surface area contributed by atoms with E-state index >= 15 is 0 Å². The Morgan fingerprint density at radius 1 is 1.64 bits per heavy atom. The molecule has 76 valence electrons. The number of ether oxygens (including phenoxy) is 1. The minimum atomic E-state index is -1.41. The molecule has 1 atom stereocenters. The Labute approximate surface area is 80.1 Å². The van der Waals surface area contributed by atoms with Gasteiger partial charge in [0, 0.05) is 0 Å². The van der Waals surface area contributed by atoms with Gasteiger partial charge in [0.2, 0.25) is 0 Å². The predicted molar refractivity (Wildman–Crippen MR) is 47.5 cm³/mol. The fraction of sp³-hybridized carbons (Fsp3) is 0.222. The van der Waals surface area contributed by atoms with Gasteiger partial charge in [-0.15, -0.1) is 0 Å². The Morgan fingerprint density at radius 3 is 2.79 bits per heavy atom. The van der Waals surface area contributed by atoms with Crippen LogP contribution in [0.2, 0.25) is 0 Å². The lowest BCUT2D eigenvalue weighted by Crippen LogP contribution is -2.22. The van der Waals surface area contributed by atoms with Gasteiger partial charge in [-0.25, -0.2) is 4.39 Å². The topological polar surface area (TPSA) is 72.5 Å². The third-order valence-corrected chi connectivity index (χ3v) is 1.81. The van der Waals surface area contributed by atoms with Gasteiger partial charge in [0.25, 0.3) is 0 Å². The van der Waals surface area contributed by atoms with Gasteiger partial charge in [0.15, 0.2) is 0 Å². The van der Waals surface area contributed by atoms with Crippen LogP contribution < -0.4 is 10.5 Å². The SMILES string of the molecule is COc1cccc(F)c1[C@H](N)C(=O)O. The molecule has 0 aromatic heterocycles. The van der Waals surface area contributed by atoms with E-state index in [-0.39, 0.29) is 11.3 Å². The van der Waals surface area contributed by atoms with Gasteiger partial charge in [-0.05, 0) is 12.1 Å². The van der Waals surface area contributed by atoms with Crippen molar-refractivity contribution >= 4 is 5.97 Å². The average Bonchev–Trinajstić information content (AvgIpc) is 2.16. The van der Waals surface area contributed by atoms with Crippen molar-refractivity contribution in [2.75, 3.05) is 7.11 Å². The fourth-order valence-corrected chi connectivity index (χ4v) is 1.12. The monoisotopic (exact) mass is 199 g/mol. The molecule has 0 spiro atoms. The molecule has 0 aliphatic carbocycles. The van der Waals surface area contributed by atoms with E-state index in [2.05, 4.69) is 0 Å². The number of methoxy groups -OCH3 is 1. The van der Waals surface area contributed by atoms with E-state index in [0.29, 0.717) is 0 Å². The zero-order valence-corrected chi connectivity index (χ0v) is 7.53. The summed E-state index contributed by atoms with van der Waals surface area (Å²) in [4.78, 5) is 10.6. The Balaban J connectivity index is 3.23. The van der Waals surface area contributed by atoms with Crippen molar-refractivity contribution in [2.45, 2.75) is 6.04 Å². The van der Waals surface area contributed by atoms with E-state index in [1.165, 1.54) is 19.2 Å². The number of hydrogen-bond donors (Lipinski definition) is 2. The van der Waals surface area contributed by atoms with E-state index in [4.69, 9.17) is 15.6 Å². The third-order valence-electron chi connectivity index (χ3n) is 1.81. The summed E-state index contributed by atoms with van der Waals surface area (Å²) < 4.78 is 18.0. The van der Waals surface area contributed by atoms with Crippen molar-refractivity contribution < 1.29 is 19.0 Å². The summed E-state index contributed by atoms with van der Waals surface area (Å²) in [5.41, 5.74) is 5.16. The van der Waals surface area contributed by atoms with Gasteiger partial charge in [0.05, 0.1) is 12.7 Å². The molecule has 0 bridgehead atoms. The number of benzene rings is 1. The lowest BCUT2D eigenvalue weighted by Gasteiger charge is -2.12. The highest BCUT2D eigenvalue weighted by Crippen LogP contribution is 2.26. The van der Waals surface area contributed by atoms with E-state index < -0.39 is 17.8 Å². The molecule has 5 heteroatoms.